The average molecular weight is 206 g/mol. The predicted molar refractivity (Wildman–Crippen MR) is 62.2 cm³/mol. The Labute approximate surface area is 88.3 Å². The highest BCUT2D eigenvalue weighted by Crippen LogP contribution is 2.33. The summed E-state index contributed by atoms with van der Waals surface area (Å²) in [6.07, 6.45) is 0. The van der Waals surface area contributed by atoms with Crippen LogP contribution in [0.15, 0.2) is 30.3 Å². The van der Waals surface area contributed by atoms with E-state index in [1.54, 1.807) is 11.3 Å². The van der Waals surface area contributed by atoms with Gasteiger partial charge in [-0.15, -0.1) is 0 Å². The Kier molecular flexibility index (Phi) is 2.23. The van der Waals surface area contributed by atoms with Crippen molar-refractivity contribution in [1.82, 2.24) is 0 Å². The van der Waals surface area contributed by atoms with Crippen molar-refractivity contribution in [2.24, 2.45) is 0 Å². The van der Waals surface area contributed by atoms with Crippen molar-refractivity contribution in [1.29, 1.82) is 0 Å². The van der Waals surface area contributed by atoms with Crippen molar-refractivity contribution in [3.05, 3.63) is 30.3 Å². The molecule has 0 unspecified atom stereocenters. The summed E-state index contributed by atoms with van der Waals surface area (Å²) in [5.74, 6) is 0. The van der Waals surface area contributed by atoms with E-state index in [2.05, 4.69) is 51.1 Å². The molecule has 0 fully saturated rings. The smallest absolute Gasteiger partial charge is 0.175 e. The van der Waals surface area contributed by atoms with Gasteiger partial charge in [-0.2, -0.15) is 0 Å². The summed E-state index contributed by atoms with van der Waals surface area (Å²) in [6.45, 7) is 6.20. The van der Waals surface area contributed by atoms with Crippen LogP contribution in [0.25, 0.3) is 10.1 Å². The molecule has 74 valence electrons. The van der Waals surface area contributed by atoms with Gasteiger partial charge >= 0.3 is 0 Å². The fraction of sp³-hybridized carbons (Fsp3) is 0.333. The maximum atomic E-state index is 5.81. The molecule has 0 atom stereocenters. The molecule has 0 N–H and O–H groups in total. The molecule has 2 aromatic rings. The van der Waals surface area contributed by atoms with Gasteiger partial charge in [-0.1, -0.05) is 29.5 Å². The quantitative estimate of drug-likeness (QED) is 0.683. The molecule has 2 rings (SSSR count). The Morgan fingerprint density at radius 1 is 1.14 bits per heavy atom. The standard InChI is InChI=1S/C12H14OS/c1-12(2,3)13-11-8-9-6-4-5-7-10(9)14-11/h4-8H,1-3H3. The first-order valence-electron chi connectivity index (χ1n) is 4.72. The lowest BCUT2D eigenvalue weighted by molar-refractivity contribution is 0.136. The van der Waals surface area contributed by atoms with Crippen LogP contribution in [-0.4, -0.2) is 5.60 Å². The summed E-state index contributed by atoms with van der Waals surface area (Å²) in [6, 6.07) is 10.4. The van der Waals surface area contributed by atoms with Gasteiger partial charge in [0.2, 0.25) is 0 Å². The Morgan fingerprint density at radius 3 is 2.50 bits per heavy atom. The lowest BCUT2D eigenvalue weighted by Gasteiger charge is -2.19. The fourth-order valence-corrected chi connectivity index (χ4v) is 2.40. The van der Waals surface area contributed by atoms with Crippen LogP contribution < -0.4 is 4.74 Å². The van der Waals surface area contributed by atoms with Crippen molar-refractivity contribution < 1.29 is 4.74 Å². The first-order valence-corrected chi connectivity index (χ1v) is 5.54. The summed E-state index contributed by atoms with van der Waals surface area (Å²) in [7, 11) is 0. The van der Waals surface area contributed by atoms with Gasteiger partial charge in [0, 0.05) is 4.70 Å². The lowest BCUT2D eigenvalue weighted by atomic mass is 10.2. The Balaban J connectivity index is 2.36. The number of rotatable bonds is 1. The highest BCUT2D eigenvalue weighted by molar-refractivity contribution is 7.20. The molecule has 1 aromatic carbocycles. The van der Waals surface area contributed by atoms with Crippen molar-refractivity contribution >= 4 is 21.4 Å². The molecule has 0 saturated heterocycles. The zero-order valence-electron chi connectivity index (χ0n) is 8.70. The largest absolute Gasteiger partial charge is 0.479 e. The topological polar surface area (TPSA) is 9.23 Å². The SMILES string of the molecule is CC(C)(C)Oc1cc2ccccc2s1. The van der Waals surface area contributed by atoms with Crippen LogP contribution in [0.4, 0.5) is 0 Å². The molecule has 0 aliphatic heterocycles. The van der Waals surface area contributed by atoms with Gasteiger partial charge in [-0.05, 0) is 38.3 Å². The minimum absolute atomic E-state index is 0.110. The Morgan fingerprint density at radius 2 is 1.86 bits per heavy atom. The number of hydrogen-bond donors (Lipinski definition) is 0. The Bertz CT molecular complexity index is 404. The van der Waals surface area contributed by atoms with E-state index in [4.69, 9.17) is 4.74 Å². The van der Waals surface area contributed by atoms with Crippen LogP contribution in [0, 0.1) is 0 Å². The first-order chi connectivity index (χ1) is 6.54. The van der Waals surface area contributed by atoms with Crippen LogP contribution in [0.3, 0.4) is 0 Å². The first kappa shape index (κ1) is 9.53. The van der Waals surface area contributed by atoms with E-state index >= 15 is 0 Å². The van der Waals surface area contributed by atoms with Crippen LogP contribution in [0.2, 0.25) is 0 Å². The molecule has 0 aliphatic carbocycles. The van der Waals surface area contributed by atoms with Gasteiger partial charge in [-0.25, -0.2) is 0 Å². The van der Waals surface area contributed by atoms with E-state index in [0.717, 1.165) is 5.06 Å². The summed E-state index contributed by atoms with van der Waals surface area (Å²) < 4.78 is 7.09. The number of benzene rings is 1. The molecule has 2 heteroatoms. The molecule has 14 heavy (non-hydrogen) atoms. The molecule has 0 bridgehead atoms. The van der Waals surface area contributed by atoms with E-state index in [1.165, 1.54) is 10.1 Å². The monoisotopic (exact) mass is 206 g/mol. The van der Waals surface area contributed by atoms with Gasteiger partial charge in [0.15, 0.2) is 5.06 Å². The molecule has 1 heterocycles. The third kappa shape index (κ3) is 2.07. The van der Waals surface area contributed by atoms with Crippen molar-refractivity contribution in [2.45, 2.75) is 26.4 Å². The summed E-state index contributed by atoms with van der Waals surface area (Å²) in [5, 5.41) is 2.26. The number of hydrogen-bond acceptors (Lipinski definition) is 2. The maximum absolute atomic E-state index is 5.81. The maximum Gasteiger partial charge on any atom is 0.175 e. The van der Waals surface area contributed by atoms with Crippen molar-refractivity contribution in [2.75, 3.05) is 0 Å². The molecule has 0 radical (unpaired) electrons. The van der Waals surface area contributed by atoms with E-state index in [-0.39, 0.29) is 5.60 Å². The third-order valence-corrected chi connectivity index (χ3v) is 2.80. The third-order valence-electron chi connectivity index (χ3n) is 1.81. The summed E-state index contributed by atoms with van der Waals surface area (Å²) in [5.41, 5.74) is -0.110. The van der Waals surface area contributed by atoms with E-state index in [0.29, 0.717) is 0 Å². The van der Waals surface area contributed by atoms with Crippen LogP contribution in [-0.2, 0) is 0 Å². The number of thiophene rings is 1. The van der Waals surface area contributed by atoms with Crippen molar-refractivity contribution in [3.63, 3.8) is 0 Å². The van der Waals surface area contributed by atoms with Gasteiger partial charge < -0.3 is 4.74 Å². The van der Waals surface area contributed by atoms with Gasteiger partial charge in [-0.3, -0.25) is 0 Å². The average Bonchev–Trinajstić information content (AvgIpc) is 2.42. The van der Waals surface area contributed by atoms with Crippen LogP contribution in [0.1, 0.15) is 20.8 Å². The Hall–Kier alpha value is -1.02. The van der Waals surface area contributed by atoms with Crippen LogP contribution in [0.5, 0.6) is 5.06 Å². The molecule has 0 saturated carbocycles. The van der Waals surface area contributed by atoms with Crippen LogP contribution >= 0.6 is 11.3 Å². The number of fused-ring (bicyclic) bond motifs is 1. The molecule has 0 aliphatic rings. The minimum Gasteiger partial charge on any atom is -0.479 e. The molecule has 0 amide bonds. The normalized spacial score (nSPS) is 11.9. The van der Waals surface area contributed by atoms with E-state index < -0.39 is 0 Å². The summed E-state index contributed by atoms with van der Waals surface area (Å²) >= 11 is 1.70. The number of ether oxygens (including phenoxy) is 1. The van der Waals surface area contributed by atoms with Gasteiger partial charge in [0.05, 0.1) is 0 Å². The second-order valence-electron chi connectivity index (χ2n) is 4.32. The van der Waals surface area contributed by atoms with Crippen molar-refractivity contribution in [3.8, 4) is 5.06 Å². The molecule has 1 aromatic heterocycles. The van der Waals surface area contributed by atoms with Gasteiger partial charge in [0.1, 0.15) is 5.60 Å². The van der Waals surface area contributed by atoms with E-state index in [1.807, 2.05) is 0 Å². The minimum atomic E-state index is -0.110. The molecular formula is C12H14OS. The second-order valence-corrected chi connectivity index (χ2v) is 5.36. The molecular weight excluding hydrogens is 192 g/mol. The molecule has 1 nitrogen and oxygen atoms in total. The lowest BCUT2D eigenvalue weighted by Crippen LogP contribution is -2.22. The molecule has 0 spiro atoms. The second kappa shape index (κ2) is 3.28. The summed E-state index contributed by atoms with van der Waals surface area (Å²) in [4.78, 5) is 0. The zero-order valence-corrected chi connectivity index (χ0v) is 9.52. The van der Waals surface area contributed by atoms with Gasteiger partial charge in [0.25, 0.3) is 0 Å². The van der Waals surface area contributed by atoms with E-state index in [9.17, 15) is 0 Å². The fourth-order valence-electron chi connectivity index (χ4n) is 1.31. The highest BCUT2D eigenvalue weighted by atomic mass is 32.1. The zero-order chi connectivity index (χ0) is 10.2. The highest BCUT2D eigenvalue weighted by Gasteiger charge is 2.13. The predicted octanol–water partition coefficient (Wildman–Crippen LogP) is 4.08.